The number of hydrogen-bond donors (Lipinski definition) is 2. The number of nitrogens with one attached hydrogen (secondary N) is 2. The van der Waals surface area contributed by atoms with Crippen molar-refractivity contribution in [3.63, 3.8) is 0 Å². The normalized spacial score (nSPS) is 19.7. The molecule has 2 N–H and O–H groups in total. The summed E-state index contributed by atoms with van der Waals surface area (Å²) in [6.45, 7) is 4.35. The lowest BCUT2D eigenvalue weighted by Gasteiger charge is -2.54. The molecule has 4 rings (SSSR count). The molecule has 2 fully saturated rings. The molecule has 1 aliphatic carbocycles. The van der Waals surface area contributed by atoms with Gasteiger partial charge < -0.3 is 10.6 Å². The quantitative estimate of drug-likeness (QED) is 0.567. The van der Waals surface area contributed by atoms with Crippen molar-refractivity contribution in [1.29, 1.82) is 0 Å². The van der Waals surface area contributed by atoms with Crippen LogP contribution in [0.4, 0.5) is 0 Å². The maximum Gasteiger partial charge on any atom is 0.251 e. The Balaban J connectivity index is 1.41. The van der Waals surface area contributed by atoms with E-state index >= 15 is 0 Å². The molecule has 180 valence electrons. The summed E-state index contributed by atoms with van der Waals surface area (Å²) in [5.41, 5.74) is 1.11. The zero-order valence-electron chi connectivity index (χ0n) is 19.2. The summed E-state index contributed by atoms with van der Waals surface area (Å²) in [5.74, 6) is -0.456. The van der Waals surface area contributed by atoms with Gasteiger partial charge in [-0.15, -0.1) is 0 Å². The predicted molar refractivity (Wildman–Crippen MR) is 131 cm³/mol. The molecule has 2 aliphatic rings. The van der Waals surface area contributed by atoms with Gasteiger partial charge in [0.25, 0.3) is 5.91 Å². The van der Waals surface area contributed by atoms with Crippen LogP contribution in [0.25, 0.3) is 0 Å². The first-order valence-electron chi connectivity index (χ1n) is 11.7. The van der Waals surface area contributed by atoms with E-state index in [9.17, 15) is 18.0 Å². The van der Waals surface area contributed by atoms with Gasteiger partial charge in [-0.2, -0.15) is 4.31 Å². The number of hydrogen-bond acceptors (Lipinski definition) is 4. The number of piperidine rings is 1. The van der Waals surface area contributed by atoms with Crippen molar-refractivity contribution >= 4 is 21.8 Å². The van der Waals surface area contributed by atoms with Gasteiger partial charge in [-0.25, -0.2) is 8.42 Å². The van der Waals surface area contributed by atoms with Gasteiger partial charge in [0.1, 0.15) is 0 Å². The minimum absolute atomic E-state index is 0.0563. The Hall–Kier alpha value is -2.97. The monoisotopic (exact) mass is 481 g/mol. The van der Waals surface area contributed by atoms with Crippen LogP contribution in [0.2, 0.25) is 0 Å². The Morgan fingerprint density at radius 3 is 2.41 bits per heavy atom. The van der Waals surface area contributed by atoms with Crippen LogP contribution in [0.5, 0.6) is 0 Å². The second-order valence-corrected chi connectivity index (χ2v) is 10.9. The minimum Gasteiger partial charge on any atom is -0.352 e. The van der Waals surface area contributed by atoms with Crippen molar-refractivity contribution in [3.05, 3.63) is 78.4 Å². The number of carbonyl (C=O) groups is 2. The van der Waals surface area contributed by atoms with Crippen LogP contribution in [-0.4, -0.2) is 49.2 Å². The molecule has 2 aromatic carbocycles. The summed E-state index contributed by atoms with van der Waals surface area (Å²) < 4.78 is 28.6. The van der Waals surface area contributed by atoms with Gasteiger partial charge in [0.2, 0.25) is 15.9 Å². The van der Waals surface area contributed by atoms with E-state index in [-0.39, 0.29) is 22.8 Å². The molecule has 8 heteroatoms. The van der Waals surface area contributed by atoms with Crippen LogP contribution < -0.4 is 10.6 Å². The molecule has 1 aliphatic heterocycles. The van der Waals surface area contributed by atoms with Gasteiger partial charge in [0.15, 0.2) is 0 Å². The molecule has 2 aromatic rings. The van der Waals surface area contributed by atoms with Crippen molar-refractivity contribution in [2.75, 3.05) is 13.1 Å². The molecule has 1 atom stereocenters. The molecule has 0 bridgehead atoms. The fourth-order valence-electron chi connectivity index (χ4n) is 4.94. The molecule has 1 saturated heterocycles. The van der Waals surface area contributed by atoms with Crippen LogP contribution in [0.15, 0.2) is 72.1 Å². The highest BCUT2D eigenvalue weighted by Gasteiger charge is 2.51. The number of benzene rings is 2. The maximum atomic E-state index is 13.5. The van der Waals surface area contributed by atoms with Crippen molar-refractivity contribution in [2.24, 2.45) is 0 Å². The Morgan fingerprint density at radius 1 is 1.09 bits per heavy atom. The van der Waals surface area contributed by atoms with Gasteiger partial charge in [-0.05, 0) is 74.4 Å². The highest BCUT2D eigenvalue weighted by atomic mass is 32.2. The third-order valence-corrected chi connectivity index (χ3v) is 8.92. The molecular weight excluding hydrogens is 450 g/mol. The van der Waals surface area contributed by atoms with Crippen LogP contribution in [-0.2, 0) is 21.2 Å². The van der Waals surface area contributed by atoms with Crippen LogP contribution >= 0.6 is 0 Å². The maximum absolute atomic E-state index is 13.5. The van der Waals surface area contributed by atoms with Gasteiger partial charge >= 0.3 is 0 Å². The third kappa shape index (κ3) is 5.08. The van der Waals surface area contributed by atoms with Crippen molar-refractivity contribution in [2.45, 2.75) is 55.0 Å². The summed E-state index contributed by atoms with van der Waals surface area (Å²) in [7, 11) is -3.71. The lowest BCUT2D eigenvalue weighted by atomic mass is 9.70. The molecule has 1 spiro atoms. The van der Waals surface area contributed by atoms with Crippen molar-refractivity contribution in [3.8, 4) is 0 Å². The first kappa shape index (κ1) is 24.2. The van der Waals surface area contributed by atoms with E-state index in [1.807, 2.05) is 30.3 Å². The van der Waals surface area contributed by atoms with Gasteiger partial charge in [0.05, 0.1) is 4.90 Å². The molecular formula is C26H31N3O4S. The largest absolute Gasteiger partial charge is 0.352 e. The van der Waals surface area contributed by atoms with Crippen LogP contribution in [0, 0.1) is 0 Å². The van der Waals surface area contributed by atoms with Crippen molar-refractivity contribution < 1.29 is 18.0 Å². The average molecular weight is 482 g/mol. The summed E-state index contributed by atoms with van der Waals surface area (Å²) in [4.78, 5) is 24.4. The van der Waals surface area contributed by atoms with Gasteiger partial charge in [-0.1, -0.05) is 36.9 Å². The number of sulfonamides is 1. The standard InChI is InChI=1S/C26H31N3O4S/c1-2-24(30)28-22-14-18-29(26(19-22)15-6-16-26)34(32,33)23-11-9-21(10-12-23)25(31)27-17-13-20-7-4-3-5-8-20/h2-5,7-12,22H,1,6,13-19H2,(H,27,31)(H,28,30). The second-order valence-electron chi connectivity index (χ2n) is 9.07. The number of carbonyl (C=O) groups excluding carboxylic acids is 2. The van der Waals surface area contributed by atoms with E-state index in [1.165, 1.54) is 18.2 Å². The predicted octanol–water partition coefficient (Wildman–Crippen LogP) is 3.04. The molecule has 1 saturated carbocycles. The Kier molecular flexibility index (Phi) is 7.19. The topological polar surface area (TPSA) is 95.6 Å². The summed E-state index contributed by atoms with van der Waals surface area (Å²) in [6.07, 6.45) is 5.68. The Morgan fingerprint density at radius 2 is 1.79 bits per heavy atom. The van der Waals surface area contributed by atoms with Crippen LogP contribution in [0.1, 0.15) is 48.0 Å². The van der Waals surface area contributed by atoms with E-state index in [2.05, 4.69) is 17.2 Å². The Labute approximate surface area is 201 Å². The number of rotatable bonds is 8. The number of nitrogens with zero attached hydrogens (tertiary/aromatic N) is 1. The Bertz CT molecular complexity index is 1140. The summed E-state index contributed by atoms with van der Waals surface area (Å²) in [5, 5.41) is 5.81. The smallest absolute Gasteiger partial charge is 0.251 e. The lowest BCUT2D eigenvalue weighted by molar-refractivity contribution is -0.117. The molecule has 7 nitrogen and oxygen atoms in total. The molecule has 0 radical (unpaired) electrons. The lowest BCUT2D eigenvalue weighted by Crippen LogP contribution is -2.63. The summed E-state index contributed by atoms with van der Waals surface area (Å²) >= 11 is 0. The molecule has 0 aromatic heterocycles. The zero-order valence-corrected chi connectivity index (χ0v) is 20.0. The third-order valence-electron chi connectivity index (χ3n) is 6.90. The summed E-state index contributed by atoms with van der Waals surface area (Å²) in [6, 6.07) is 16.0. The average Bonchev–Trinajstić information content (AvgIpc) is 2.83. The van der Waals surface area contributed by atoms with Crippen LogP contribution in [0.3, 0.4) is 0 Å². The molecule has 2 amide bonds. The molecule has 1 unspecified atom stereocenters. The first-order valence-corrected chi connectivity index (χ1v) is 13.2. The van der Waals surface area contributed by atoms with Gasteiger partial charge in [-0.3, -0.25) is 9.59 Å². The first-order chi connectivity index (χ1) is 16.3. The minimum atomic E-state index is -3.71. The highest BCUT2D eigenvalue weighted by Crippen LogP contribution is 2.46. The van der Waals surface area contributed by atoms with Gasteiger partial charge in [0, 0.05) is 30.2 Å². The number of amides is 2. The van der Waals surface area contributed by atoms with E-state index in [1.54, 1.807) is 16.4 Å². The SMILES string of the molecule is C=CC(=O)NC1CCN(S(=O)(=O)c2ccc(C(=O)NCCc3ccccc3)cc2)C2(CCC2)C1. The molecule has 34 heavy (non-hydrogen) atoms. The highest BCUT2D eigenvalue weighted by molar-refractivity contribution is 7.89. The van der Waals surface area contributed by atoms with E-state index < -0.39 is 15.6 Å². The van der Waals surface area contributed by atoms with E-state index in [4.69, 9.17) is 0 Å². The fraction of sp³-hybridized carbons (Fsp3) is 0.385. The molecule has 1 heterocycles. The fourth-order valence-corrected chi connectivity index (χ4v) is 6.79. The second kappa shape index (κ2) is 10.1. The van der Waals surface area contributed by atoms with Crippen molar-refractivity contribution in [1.82, 2.24) is 14.9 Å². The van der Waals surface area contributed by atoms with E-state index in [0.29, 0.717) is 31.5 Å². The van der Waals surface area contributed by atoms with E-state index in [0.717, 1.165) is 31.2 Å². The zero-order chi connectivity index (χ0) is 24.2.